The Hall–Kier alpha value is -2.11. The van der Waals surface area contributed by atoms with Gasteiger partial charge < -0.3 is 9.64 Å². The number of carbonyl (C=O) groups excluding carboxylic acids is 1. The smallest absolute Gasteiger partial charge is 0.293 e. The Morgan fingerprint density at radius 3 is 2.00 bits per heavy atom. The Morgan fingerprint density at radius 2 is 1.84 bits per heavy atom. The van der Waals surface area contributed by atoms with Crippen molar-refractivity contribution < 1.29 is 14.5 Å². The molecule has 6 nitrogen and oxygen atoms in total. The van der Waals surface area contributed by atoms with E-state index in [-0.39, 0.29) is 11.3 Å². The third kappa shape index (κ3) is 12.1. The summed E-state index contributed by atoms with van der Waals surface area (Å²) in [5.74, 6) is 0. The average Bonchev–Trinajstić information content (AvgIpc) is 2.23. The standard InChI is InChI=1S/C8H12N2O2.C5H10O2/c1-5-8(10(11)12)6-7(2)9(3)4;1-5(2,3)7-4-6/h5-6H,1-2H2,3-4H3;4H,1-3H3/b8-6+;. The van der Waals surface area contributed by atoms with Gasteiger partial charge in [-0.2, -0.15) is 0 Å². The van der Waals surface area contributed by atoms with Gasteiger partial charge >= 0.3 is 0 Å². The molecule has 0 saturated heterocycles. The lowest BCUT2D eigenvalue weighted by atomic mass is 10.2. The van der Waals surface area contributed by atoms with Crippen molar-refractivity contribution in [3.63, 3.8) is 0 Å². The summed E-state index contributed by atoms with van der Waals surface area (Å²) >= 11 is 0. The molecule has 0 amide bonds. The van der Waals surface area contributed by atoms with Crippen LogP contribution in [0.25, 0.3) is 0 Å². The van der Waals surface area contributed by atoms with E-state index >= 15 is 0 Å². The summed E-state index contributed by atoms with van der Waals surface area (Å²) in [6, 6.07) is 0. The minimum Gasteiger partial charge on any atom is -0.462 e. The Labute approximate surface area is 114 Å². The van der Waals surface area contributed by atoms with E-state index in [2.05, 4.69) is 17.9 Å². The van der Waals surface area contributed by atoms with Crippen LogP contribution in [0.1, 0.15) is 20.8 Å². The molecule has 0 spiro atoms. The molecular weight excluding hydrogens is 248 g/mol. The van der Waals surface area contributed by atoms with Crippen molar-refractivity contribution in [3.05, 3.63) is 46.8 Å². The number of hydrogen-bond donors (Lipinski definition) is 0. The summed E-state index contributed by atoms with van der Waals surface area (Å²) in [7, 11) is 3.53. The predicted molar refractivity (Wildman–Crippen MR) is 75.0 cm³/mol. The van der Waals surface area contributed by atoms with Crippen LogP contribution in [0.15, 0.2) is 36.7 Å². The summed E-state index contributed by atoms with van der Waals surface area (Å²) in [5, 5.41) is 10.3. The molecule has 0 bridgehead atoms. The number of carbonyl (C=O) groups is 1. The van der Waals surface area contributed by atoms with Gasteiger partial charge in [0.05, 0.1) is 4.92 Å². The molecule has 0 aliphatic heterocycles. The van der Waals surface area contributed by atoms with Crippen molar-refractivity contribution in [1.82, 2.24) is 4.90 Å². The van der Waals surface area contributed by atoms with Crippen LogP contribution >= 0.6 is 0 Å². The number of ether oxygens (including phenoxy) is 1. The maximum Gasteiger partial charge on any atom is 0.293 e. The summed E-state index contributed by atoms with van der Waals surface area (Å²) in [4.78, 5) is 21.1. The van der Waals surface area contributed by atoms with Crippen LogP contribution in [0.2, 0.25) is 0 Å². The first kappa shape index (κ1) is 19.2. The Bertz CT molecular complexity index is 365. The number of nitro groups is 1. The van der Waals surface area contributed by atoms with Crippen molar-refractivity contribution in [2.45, 2.75) is 26.4 Å². The van der Waals surface area contributed by atoms with Crippen LogP contribution in [-0.2, 0) is 9.53 Å². The monoisotopic (exact) mass is 270 g/mol. The summed E-state index contributed by atoms with van der Waals surface area (Å²) in [5.41, 5.74) is 0.206. The highest BCUT2D eigenvalue weighted by Crippen LogP contribution is 2.04. The van der Waals surface area contributed by atoms with Crippen LogP contribution < -0.4 is 0 Å². The molecule has 0 aliphatic carbocycles. The van der Waals surface area contributed by atoms with E-state index in [1.165, 1.54) is 12.2 Å². The molecule has 0 aliphatic rings. The normalized spacial score (nSPS) is 10.7. The van der Waals surface area contributed by atoms with Crippen LogP contribution in [-0.4, -0.2) is 36.0 Å². The first-order valence-corrected chi connectivity index (χ1v) is 5.51. The number of allylic oxidation sites excluding steroid dienone is 2. The van der Waals surface area contributed by atoms with Gasteiger partial charge in [-0.15, -0.1) is 0 Å². The second kappa shape index (κ2) is 8.91. The first-order chi connectivity index (χ1) is 8.55. The van der Waals surface area contributed by atoms with Gasteiger partial charge in [-0.3, -0.25) is 14.9 Å². The molecule has 0 heterocycles. The van der Waals surface area contributed by atoms with E-state index < -0.39 is 4.92 Å². The third-order valence-electron chi connectivity index (χ3n) is 1.71. The molecule has 0 unspecified atom stereocenters. The number of nitrogens with zero attached hydrogens (tertiary/aromatic N) is 2. The maximum atomic E-state index is 10.3. The second-order valence-electron chi connectivity index (χ2n) is 4.74. The highest BCUT2D eigenvalue weighted by molar-refractivity contribution is 5.37. The molecule has 0 aromatic carbocycles. The average molecular weight is 270 g/mol. The lowest BCUT2D eigenvalue weighted by Gasteiger charge is -2.14. The van der Waals surface area contributed by atoms with Gasteiger partial charge in [0.2, 0.25) is 0 Å². The first-order valence-electron chi connectivity index (χ1n) is 5.51. The van der Waals surface area contributed by atoms with Crippen LogP contribution in [0.4, 0.5) is 0 Å². The lowest BCUT2D eigenvalue weighted by Crippen LogP contribution is -2.17. The van der Waals surface area contributed by atoms with Crippen molar-refractivity contribution in [2.24, 2.45) is 0 Å². The Balaban J connectivity index is 0. The predicted octanol–water partition coefficient (Wildman–Crippen LogP) is 2.37. The lowest BCUT2D eigenvalue weighted by molar-refractivity contribution is -0.419. The van der Waals surface area contributed by atoms with Gasteiger partial charge in [-0.1, -0.05) is 13.2 Å². The third-order valence-corrected chi connectivity index (χ3v) is 1.71. The van der Waals surface area contributed by atoms with Gasteiger partial charge in [0, 0.05) is 31.9 Å². The summed E-state index contributed by atoms with van der Waals surface area (Å²) < 4.78 is 4.55. The molecule has 0 aromatic rings. The molecule has 0 atom stereocenters. The molecule has 0 rings (SSSR count). The van der Waals surface area contributed by atoms with Crippen molar-refractivity contribution in [1.29, 1.82) is 0 Å². The topological polar surface area (TPSA) is 72.7 Å². The van der Waals surface area contributed by atoms with E-state index in [4.69, 9.17) is 0 Å². The van der Waals surface area contributed by atoms with Gasteiger partial charge in [0.15, 0.2) is 0 Å². The Morgan fingerprint density at radius 1 is 1.37 bits per heavy atom. The molecule has 0 saturated carbocycles. The molecule has 19 heavy (non-hydrogen) atoms. The van der Waals surface area contributed by atoms with Gasteiger partial charge in [0.1, 0.15) is 5.60 Å². The van der Waals surface area contributed by atoms with E-state index in [9.17, 15) is 14.9 Å². The van der Waals surface area contributed by atoms with E-state index in [1.54, 1.807) is 19.0 Å². The van der Waals surface area contributed by atoms with Crippen molar-refractivity contribution >= 4 is 6.47 Å². The molecule has 0 radical (unpaired) electrons. The van der Waals surface area contributed by atoms with E-state index in [0.717, 1.165) is 0 Å². The molecule has 0 fully saturated rings. The molecule has 0 aromatic heterocycles. The quantitative estimate of drug-likeness (QED) is 0.332. The molecule has 6 heteroatoms. The summed E-state index contributed by atoms with van der Waals surface area (Å²) in [6.45, 7) is 12.9. The van der Waals surface area contributed by atoms with E-state index in [1.807, 2.05) is 20.8 Å². The molecular formula is C13H22N2O4. The zero-order chi connectivity index (χ0) is 15.6. The number of hydrogen-bond acceptors (Lipinski definition) is 5. The Kier molecular flexibility index (Phi) is 9.02. The fourth-order valence-electron chi connectivity index (χ4n) is 0.630. The van der Waals surface area contributed by atoms with Crippen molar-refractivity contribution in [2.75, 3.05) is 14.1 Å². The number of rotatable bonds is 5. The van der Waals surface area contributed by atoms with Crippen LogP contribution in [0, 0.1) is 10.1 Å². The minimum atomic E-state index is -0.498. The van der Waals surface area contributed by atoms with Gasteiger partial charge in [0.25, 0.3) is 12.2 Å². The SMILES string of the molecule is C=C/C(=C\C(=C)N(C)C)[N+](=O)[O-].CC(C)(C)OC=O. The minimum absolute atomic E-state index is 0.0475. The number of likely N-dealkylation sites (N-methyl/N-ethyl adjacent to an activating group) is 1. The van der Waals surface area contributed by atoms with Crippen molar-refractivity contribution in [3.8, 4) is 0 Å². The molecule has 108 valence electrons. The van der Waals surface area contributed by atoms with Gasteiger partial charge in [-0.25, -0.2) is 0 Å². The fourth-order valence-corrected chi connectivity index (χ4v) is 0.630. The second-order valence-corrected chi connectivity index (χ2v) is 4.74. The molecule has 0 N–H and O–H groups in total. The summed E-state index contributed by atoms with van der Waals surface area (Å²) in [6.07, 6.45) is 2.56. The largest absolute Gasteiger partial charge is 0.462 e. The van der Waals surface area contributed by atoms with Crippen LogP contribution in [0.5, 0.6) is 0 Å². The van der Waals surface area contributed by atoms with E-state index in [0.29, 0.717) is 12.2 Å². The van der Waals surface area contributed by atoms with Crippen LogP contribution in [0.3, 0.4) is 0 Å². The highest BCUT2D eigenvalue weighted by atomic mass is 16.6. The fraction of sp³-hybridized carbons (Fsp3) is 0.462. The van der Waals surface area contributed by atoms with Gasteiger partial charge in [-0.05, 0) is 20.8 Å². The highest BCUT2D eigenvalue weighted by Gasteiger charge is 2.07. The zero-order valence-corrected chi connectivity index (χ0v) is 12.2. The maximum absolute atomic E-state index is 10.3. The zero-order valence-electron chi connectivity index (χ0n) is 12.2.